The van der Waals surface area contributed by atoms with Crippen molar-refractivity contribution in [1.29, 1.82) is 0 Å². The molecule has 8 heteroatoms. The van der Waals surface area contributed by atoms with Gasteiger partial charge < -0.3 is 14.8 Å². The van der Waals surface area contributed by atoms with E-state index in [0.29, 0.717) is 21.7 Å². The molecule has 1 N–H and O–H groups in total. The van der Waals surface area contributed by atoms with E-state index in [2.05, 4.69) is 21.2 Å². The Hall–Kier alpha value is -2.61. The number of anilines is 1. The molecular formula is C15H13BrN2O5. The molecule has 0 aromatic heterocycles. The number of amides is 1. The van der Waals surface area contributed by atoms with Gasteiger partial charge in [-0.3, -0.25) is 14.9 Å². The van der Waals surface area contributed by atoms with Gasteiger partial charge in [-0.05, 0) is 34.1 Å². The monoisotopic (exact) mass is 380 g/mol. The molecule has 7 nitrogen and oxygen atoms in total. The Kier molecular flexibility index (Phi) is 5.53. The topological polar surface area (TPSA) is 90.7 Å². The summed E-state index contributed by atoms with van der Waals surface area (Å²) in [5.74, 6) is 0.497. The second-order valence-electron chi connectivity index (χ2n) is 4.41. The van der Waals surface area contributed by atoms with Crippen molar-refractivity contribution in [2.75, 3.05) is 19.0 Å². The van der Waals surface area contributed by atoms with E-state index in [0.717, 1.165) is 0 Å². The van der Waals surface area contributed by atoms with Crippen LogP contribution in [-0.2, 0) is 4.79 Å². The Balaban J connectivity index is 2.02. The van der Waals surface area contributed by atoms with Gasteiger partial charge >= 0.3 is 0 Å². The van der Waals surface area contributed by atoms with Crippen LogP contribution >= 0.6 is 15.9 Å². The lowest BCUT2D eigenvalue weighted by Gasteiger charge is -2.11. The van der Waals surface area contributed by atoms with E-state index in [4.69, 9.17) is 9.47 Å². The number of benzene rings is 2. The number of carbonyl (C=O) groups excluding carboxylic acids is 1. The lowest BCUT2D eigenvalue weighted by molar-refractivity contribution is -0.384. The molecule has 120 valence electrons. The summed E-state index contributed by atoms with van der Waals surface area (Å²) in [6.45, 7) is -0.254. The van der Waals surface area contributed by atoms with Crippen LogP contribution in [0.4, 0.5) is 11.4 Å². The maximum atomic E-state index is 12.0. The number of rotatable bonds is 6. The molecular weight excluding hydrogens is 368 g/mol. The highest BCUT2D eigenvalue weighted by Gasteiger charge is 2.13. The van der Waals surface area contributed by atoms with Gasteiger partial charge in [-0.25, -0.2) is 0 Å². The first-order chi connectivity index (χ1) is 11.0. The van der Waals surface area contributed by atoms with E-state index in [9.17, 15) is 14.9 Å². The van der Waals surface area contributed by atoms with E-state index in [-0.39, 0.29) is 12.3 Å². The van der Waals surface area contributed by atoms with E-state index in [1.165, 1.54) is 25.3 Å². The third kappa shape index (κ3) is 4.43. The normalized spacial score (nSPS) is 10.0. The summed E-state index contributed by atoms with van der Waals surface area (Å²) in [5.41, 5.74) is 0.182. The first-order valence-electron chi connectivity index (χ1n) is 6.51. The second-order valence-corrected chi connectivity index (χ2v) is 5.26. The van der Waals surface area contributed by atoms with Crippen molar-refractivity contribution >= 4 is 33.2 Å². The standard InChI is InChI=1S/C15H13BrN2O5/c1-22-13-4-2-3-5-14(13)23-9-15(19)17-12-8-10(18(20)21)6-7-11(12)16/h2-8H,9H2,1H3,(H,17,19). The third-order valence-corrected chi connectivity index (χ3v) is 3.55. The van der Waals surface area contributed by atoms with Crippen molar-refractivity contribution < 1.29 is 19.2 Å². The molecule has 0 bridgehead atoms. The van der Waals surface area contributed by atoms with Gasteiger partial charge in [0.1, 0.15) is 0 Å². The zero-order chi connectivity index (χ0) is 16.8. The van der Waals surface area contributed by atoms with Crippen molar-refractivity contribution in [3.8, 4) is 11.5 Å². The Bertz CT molecular complexity index is 736. The predicted molar refractivity (Wildman–Crippen MR) is 87.9 cm³/mol. The van der Waals surface area contributed by atoms with Gasteiger partial charge in [0.15, 0.2) is 18.1 Å². The summed E-state index contributed by atoms with van der Waals surface area (Å²) in [5, 5.41) is 13.3. The molecule has 0 aliphatic rings. The largest absolute Gasteiger partial charge is 0.493 e. The van der Waals surface area contributed by atoms with Crippen LogP contribution in [0.15, 0.2) is 46.9 Å². The molecule has 0 spiro atoms. The Labute approximate surface area is 140 Å². The molecule has 0 unspecified atom stereocenters. The van der Waals surface area contributed by atoms with Gasteiger partial charge in [0, 0.05) is 16.6 Å². The minimum absolute atomic E-state index is 0.117. The number of nitrogens with one attached hydrogen (secondary N) is 1. The quantitative estimate of drug-likeness (QED) is 0.612. The van der Waals surface area contributed by atoms with Crippen molar-refractivity contribution in [1.82, 2.24) is 0 Å². The maximum absolute atomic E-state index is 12.0. The highest BCUT2D eigenvalue weighted by molar-refractivity contribution is 9.10. The summed E-state index contributed by atoms with van der Waals surface area (Å²) < 4.78 is 11.0. The molecule has 0 atom stereocenters. The lowest BCUT2D eigenvalue weighted by Crippen LogP contribution is -2.20. The molecule has 0 radical (unpaired) electrons. The molecule has 2 rings (SSSR count). The molecule has 0 aliphatic carbocycles. The number of hydrogen-bond acceptors (Lipinski definition) is 5. The van der Waals surface area contributed by atoms with Crippen LogP contribution in [0.3, 0.4) is 0 Å². The molecule has 0 aliphatic heterocycles. The average Bonchev–Trinajstić information content (AvgIpc) is 2.55. The number of non-ortho nitro benzene ring substituents is 1. The second kappa shape index (κ2) is 7.59. The van der Waals surface area contributed by atoms with Crippen LogP contribution in [0.25, 0.3) is 0 Å². The molecule has 2 aromatic rings. The van der Waals surface area contributed by atoms with Gasteiger partial charge in [0.05, 0.1) is 17.7 Å². The molecule has 0 fully saturated rings. The number of methoxy groups -OCH3 is 1. The number of nitro groups is 1. The fraction of sp³-hybridized carbons (Fsp3) is 0.133. The van der Waals surface area contributed by atoms with Gasteiger partial charge in [-0.1, -0.05) is 12.1 Å². The Morgan fingerprint density at radius 1 is 1.26 bits per heavy atom. The van der Waals surface area contributed by atoms with Crippen LogP contribution in [-0.4, -0.2) is 24.5 Å². The molecule has 23 heavy (non-hydrogen) atoms. The highest BCUT2D eigenvalue weighted by Crippen LogP contribution is 2.28. The van der Waals surface area contributed by atoms with E-state index in [1.54, 1.807) is 24.3 Å². The van der Waals surface area contributed by atoms with E-state index >= 15 is 0 Å². The number of hydrogen-bond donors (Lipinski definition) is 1. The molecule has 0 heterocycles. The fourth-order valence-electron chi connectivity index (χ4n) is 1.79. The van der Waals surface area contributed by atoms with Crippen LogP contribution in [0, 0.1) is 10.1 Å². The number of nitrogens with zero attached hydrogens (tertiary/aromatic N) is 1. The lowest BCUT2D eigenvalue weighted by atomic mass is 10.3. The number of halogens is 1. The van der Waals surface area contributed by atoms with Gasteiger partial charge in [0.25, 0.3) is 11.6 Å². The van der Waals surface area contributed by atoms with Crippen LogP contribution in [0.2, 0.25) is 0 Å². The van der Waals surface area contributed by atoms with Crippen molar-refractivity contribution in [3.63, 3.8) is 0 Å². The fourth-order valence-corrected chi connectivity index (χ4v) is 2.14. The Morgan fingerprint density at radius 3 is 2.61 bits per heavy atom. The van der Waals surface area contributed by atoms with Gasteiger partial charge in [-0.15, -0.1) is 0 Å². The number of carbonyl (C=O) groups is 1. The van der Waals surface area contributed by atoms with Crippen molar-refractivity contribution in [3.05, 3.63) is 57.1 Å². The molecule has 2 aromatic carbocycles. The van der Waals surface area contributed by atoms with Gasteiger partial charge in [0.2, 0.25) is 0 Å². The molecule has 0 saturated carbocycles. The summed E-state index contributed by atoms with van der Waals surface area (Å²) in [7, 11) is 1.50. The number of nitro benzene ring substituents is 1. The minimum Gasteiger partial charge on any atom is -0.493 e. The molecule has 1 amide bonds. The van der Waals surface area contributed by atoms with Crippen LogP contribution in [0.5, 0.6) is 11.5 Å². The SMILES string of the molecule is COc1ccccc1OCC(=O)Nc1cc([N+](=O)[O-])ccc1Br. The third-order valence-electron chi connectivity index (χ3n) is 2.86. The van der Waals surface area contributed by atoms with Crippen LogP contribution in [0.1, 0.15) is 0 Å². The summed E-state index contributed by atoms with van der Waals surface area (Å²) in [4.78, 5) is 22.2. The minimum atomic E-state index is -0.534. The maximum Gasteiger partial charge on any atom is 0.271 e. The smallest absolute Gasteiger partial charge is 0.271 e. The first-order valence-corrected chi connectivity index (χ1v) is 7.30. The summed E-state index contributed by atoms with van der Waals surface area (Å²) in [6, 6.07) is 11.0. The van der Waals surface area contributed by atoms with Crippen LogP contribution < -0.4 is 14.8 Å². The Morgan fingerprint density at radius 2 is 1.96 bits per heavy atom. The first kappa shape index (κ1) is 16.8. The highest BCUT2D eigenvalue weighted by atomic mass is 79.9. The zero-order valence-corrected chi connectivity index (χ0v) is 13.7. The number of ether oxygens (including phenoxy) is 2. The zero-order valence-electron chi connectivity index (χ0n) is 12.1. The van der Waals surface area contributed by atoms with Crippen molar-refractivity contribution in [2.45, 2.75) is 0 Å². The molecule has 0 saturated heterocycles. The van der Waals surface area contributed by atoms with Crippen molar-refractivity contribution in [2.24, 2.45) is 0 Å². The summed E-state index contributed by atoms with van der Waals surface area (Å²) >= 11 is 3.23. The predicted octanol–water partition coefficient (Wildman–Crippen LogP) is 3.38. The average molecular weight is 381 g/mol. The summed E-state index contributed by atoms with van der Waals surface area (Å²) in [6.07, 6.45) is 0. The van der Waals surface area contributed by atoms with Gasteiger partial charge in [-0.2, -0.15) is 0 Å². The van der Waals surface area contributed by atoms with E-state index in [1.807, 2.05) is 0 Å². The van der Waals surface area contributed by atoms with E-state index < -0.39 is 10.8 Å². The number of para-hydroxylation sites is 2.